The first-order valence-electron chi connectivity index (χ1n) is 7.28. The minimum atomic E-state index is -0.973. The standard InChI is InChI=1S/C16H21BrClNO/c1-15(20,13-5-4-12(17)7-14(13)18)16(9-19)8-10-2-3-11(16)6-10/h4-5,7,10-11,20H,2-3,6,8-9,19H2,1H3. The molecule has 2 nitrogen and oxygen atoms in total. The molecule has 0 aromatic heterocycles. The van der Waals surface area contributed by atoms with E-state index in [0.717, 1.165) is 22.4 Å². The molecular formula is C16H21BrClNO. The van der Waals surface area contributed by atoms with Gasteiger partial charge in [-0.1, -0.05) is 40.0 Å². The van der Waals surface area contributed by atoms with Crippen molar-refractivity contribution in [1.82, 2.24) is 0 Å². The summed E-state index contributed by atoms with van der Waals surface area (Å²) >= 11 is 9.80. The third kappa shape index (κ3) is 1.98. The van der Waals surface area contributed by atoms with Crippen LogP contribution >= 0.6 is 27.5 Å². The summed E-state index contributed by atoms with van der Waals surface area (Å²) in [6, 6.07) is 5.71. The van der Waals surface area contributed by atoms with Gasteiger partial charge in [-0.15, -0.1) is 0 Å². The van der Waals surface area contributed by atoms with Crippen molar-refractivity contribution in [2.75, 3.05) is 6.54 Å². The van der Waals surface area contributed by atoms with Gasteiger partial charge in [0, 0.05) is 27.0 Å². The van der Waals surface area contributed by atoms with Crippen molar-refractivity contribution < 1.29 is 5.11 Å². The van der Waals surface area contributed by atoms with Crippen molar-refractivity contribution in [3.8, 4) is 0 Å². The zero-order valence-electron chi connectivity index (χ0n) is 11.7. The summed E-state index contributed by atoms with van der Waals surface area (Å²) in [5.41, 5.74) is 5.75. The van der Waals surface area contributed by atoms with E-state index in [1.54, 1.807) is 0 Å². The van der Waals surface area contributed by atoms with Gasteiger partial charge in [0.2, 0.25) is 0 Å². The van der Waals surface area contributed by atoms with Gasteiger partial charge >= 0.3 is 0 Å². The van der Waals surface area contributed by atoms with Crippen LogP contribution in [0.5, 0.6) is 0 Å². The molecule has 110 valence electrons. The molecule has 0 radical (unpaired) electrons. The first-order chi connectivity index (χ1) is 9.40. The summed E-state index contributed by atoms with van der Waals surface area (Å²) in [4.78, 5) is 0. The Kier molecular flexibility index (Phi) is 3.69. The molecule has 1 aromatic carbocycles. The maximum Gasteiger partial charge on any atom is 0.0953 e. The van der Waals surface area contributed by atoms with Crippen molar-refractivity contribution in [2.24, 2.45) is 23.0 Å². The van der Waals surface area contributed by atoms with E-state index >= 15 is 0 Å². The number of halogens is 2. The summed E-state index contributed by atoms with van der Waals surface area (Å²) in [6.45, 7) is 2.42. The van der Waals surface area contributed by atoms with Crippen LogP contribution in [0.2, 0.25) is 5.02 Å². The summed E-state index contributed by atoms with van der Waals surface area (Å²) in [6.07, 6.45) is 4.71. The number of fused-ring (bicyclic) bond motifs is 2. The molecule has 4 heteroatoms. The highest BCUT2D eigenvalue weighted by Crippen LogP contribution is 2.62. The monoisotopic (exact) mass is 357 g/mol. The molecule has 0 aliphatic heterocycles. The van der Waals surface area contributed by atoms with Gasteiger partial charge in [-0.3, -0.25) is 0 Å². The lowest BCUT2D eigenvalue weighted by atomic mass is 9.60. The van der Waals surface area contributed by atoms with Crippen LogP contribution < -0.4 is 5.73 Å². The molecule has 20 heavy (non-hydrogen) atoms. The summed E-state index contributed by atoms with van der Waals surface area (Å²) < 4.78 is 0.928. The molecule has 0 saturated heterocycles. The molecule has 2 fully saturated rings. The van der Waals surface area contributed by atoms with Crippen LogP contribution in [0.3, 0.4) is 0 Å². The molecule has 0 amide bonds. The average molecular weight is 359 g/mol. The van der Waals surface area contributed by atoms with E-state index in [9.17, 15) is 5.11 Å². The quantitative estimate of drug-likeness (QED) is 0.855. The molecular weight excluding hydrogens is 338 g/mol. The van der Waals surface area contributed by atoms with E-state index in [-0.39, 0.29) is 5.41 Å². The minimum absolute atomic E-state index is 0.229. The second kappa shape index (κ2) is 4.98. The lowest BCUT2D eigenvalue weighted by Crippen LogP contribution is -2.52. The number of aliphatic hydroxyl groups is 1. The molecule has 4 unspecified atom stereocenters. The second-order valence-corrected chi connectivity index (χ2v) is 7.96. The van der Waals surface area contributed by atoms with E-state index < -0.39 is 5.60 Å². The van der Waals surface area contributed by atoms with Crippen LogP contribution in [0.25, 0.3) is 0 Å². The van der Waals surface area contributed by atoms with Gasteiger partial charge < -0.3 is 10.8 Å². The van der Waals surface area contributed by atoms with Crippen LogP contribution in [0.1, 0.15) is 38.2 Å². The Morgan fingerprint density at radius 2 is 2.25 bits per heavy atom. The molecule has 3 N–H and O–H groups in total. The van der Waals surface area contributed by atoms with Gasteiger partial charge in [0.1, 0.15) is 0 Å². The summed E-state index contributed by atoms with van der Waals surface area (Å²) in [5, 5.41) is 12.0. The zero-order chi connectivity index (χ0) is 14.5. The third-order valence-corrected chi connectivity index (χ3v) is 6.57. The van der Waals surface area contributed by atoms with E-state index in [0.29, 0.717) is 17.5 Å². The van der Waals surface area contributed by atoms with Crippen molar-refractivity contribution in [2.45, 2.75) is 38.2 Å². The summed E-state index contributed by atoms with van der Waals surface area (Å²) in [5.74, 6) is 1.25. The minimum Gasteiger partial charge on any atom is -0.385 e. The van der Waals surface area contributed by atoms with E-state index in [1.165, 1.54) is 19.3 Å². The smallest absolute Gasteiger partial charge is 0.0953 e. The van der Waals surface area contributed by atoms with Gasteiger partial charge in [-0.2, -0.15) is 0 Å². The maximum absolute atomic E-state index is 11.4. The molecule has 2 saturated carbocycles. The fourth-order valence-electron chi connectivity index (χ4n) is 4.64. The summed E-state index contributed by atoms with van der Waals surface area (Å²) in [7, 11) is 0. The fourth-order valence-corrected chi connectivity index (χ4v) is 5.50. The van der Waals surface area contributed by atoms with Crippen LogP contribution in [0, 0.1) is 17.3 Å². The Bertz CT molecular complexity index is 533. The van der Waals surface area contributed by atoms with Crippen molar-refractivity contribution in [3.63, 3.8) is 0 Å². The van der Waals surface area contributed by atoms with Gasteiger partial charge in [0.05, 0.1) is 5.60 Å². The van der Waals surface area contributed by atoms with E-state index in [2.05, 4.69) is 15.9 Å². The Hall–Kier alpha value is -0.0900. The Balaban J connectivity index is 2.06. The fraction of sp³-hybridized carbons (Fsp3) is 0.625. The van der Waals surface area contributed by atoms with Crippen molar-refractivity contribution >= 4 is 27.5 Å². The second-order valence-electron chi connectivity index (χ2n) is 6.64. The predicted octanol–water partition coefficient (Wildman–Crippen LogP) is 4.08. The number of rotatable bonds is 3. The number of nitrogens with two attached hydrogens (primary N) is 1. The zero-order valence-corrected chi connectivity index (χ0v) is 14.0. The third-order valence-electron chi connectivity index (χ3n) is 5.76. The molecule has 1 aromatic rings. The van der Waals surface area contributed by atoms with E-state index in [1.807, 2.05) is 25.1 Å². The average Bonchev–Trinajstić information content (AvgIpc) is 2.98. The normalized spacial score (nSPS) is 35.2. The van der Waals surface area contributed by atoms with Crippen LogP contribution in [0.4, 0.5) is 0 Å². The molecule has 2 aliphatic rings. The van der Waals surface area contributed by atoms with Gasteiger partial charge in [0.15, 0.2) is 0 Å². The van der Waals surface area contributed by atoms with Gasteiger partial charge in [0.25, 0.3) is 0 Å². The molecule has 0 heterocycles. The Morgan fingerprint density at radius 1 is 1.50 bits per heavy atom. The lowest BCUT2D eigenvalue weighted by Gasteiger charge is -2.48. The van der Waals surface area contributed by atoms with Crippen LogP contribution in [-0.4, -0.2) is 11.7 Å². The number of hydrogen-bond acceptors (Lipinski definition) is 2. The van der Waals surface area contributed by atoms with Gasteiger partial charge in [-0.05, 0) is 50.2 Å². The largest absolute Gasteiger partial charge is 0.385 e. The first kappa shape index (κ1) is 14.8. The molecule has 3 rings (SSSR count). The first-order valence-corrected chi connectivity index (χ1v) is 8.46. The van der Waals surface area contributed by atoms with Crippen LogP contribution in [-0.2, 0) is 5.60 Å². The highest BCUT2D eigenvalue weighted by atomic mass is 79.9. The maximum atomic E-state index is 11.4. The topological polar surface area (TPSA) is 46.2 Å². The highest BCUT2D eigenvalue weighted by molar-refractivity contribution is 9.10. The Morgan fingerprint density at radius 3 is 2.75 bits per heavy atom. The molecule has 0 spiro atoms. The number of hydrogen-bond donors (Lipinski definition) is 2. The number of benzene rings is 1. The highest BCUT2D eigenvalue weighted by Gasteiger charge is 2.59. The van der Waals surface area contributed by atoms with Crippen molar-refractivity contribution in [1.29, 1.82) is 0 Å². The van der Waals surface area contributed by atoms with Gasteiger partial charge in [-0.25, -0.2) is 0 Å². The Labute approximate surface area is 133 Å². The van der Waals surface area contributed by atoms with Crippen LogP contribution in [0.15, 0.2) is 22.7 Å². The molecule has 2 bridgehead atoms. The predicted molar refractivity (Wildman–Crippen MR) is 85.7 cm³/mol. The SMILES string of the molecule is CC(O)(c1ccc(Br)cc1Cl)C1(CN)CC2CCC1C2. The molecule has 2 aliphatic carbocycles. The molecule has 4 atom stereocenters. The lowest BCUT2D eigenvalue weighted by molar-refractivity contribution is -0.103. The van der Waals surface area contributed by atoms with Crippen molar-refractivity contribution in [3.05, 3.63) is 33.3 Å². The van der Waals surface area contributed by atoms with E-state index in [4.69, 9.17) is 17.3 Å².